The van der Waals surface area contributed by atoms with Crippen molar-refractivity contribution >= 4 is 17.5 Å². The van der Waals surface area contributed by atoms with Crippen molar-refractivity contribution in [3.8, 4) is 0 Å². The first-order valence-electron chi connectivity index (χ1n) is 6.29. The molecule has 106 valence electrons. The maximum atomic E-state index is 13.8. The van der Waals surface area contributed by atoms with Gasteiger partial charge in [-0.3, -0.25) is 4.79 Å². The van der Waals surface area contributed by atoms with Crippen LogP contribution in [0.4, 0.5) is 4.39 Å². The van der Waals surface area contributed by atoms with E-state index in [4.69, 9.17) is 11.6 Å². The molecule has 0 unspecified atom stereocenters. The number of aryl methyl sites for hydroxylation is 1. The third kappa shape index (κ3) is 2.99. The van der Waals surface area contributed by atoms with E-state index < -0.39 is 11.7 Å². The van der Waals surface area contributed by atoms with Gasteiger partial charge in [-0.05, 0) is 25.5 Å². The van der Waals surface area contributed by atoms with E-state index in [1.54, 1.807) is 6.20 Å². The number of H-pyrrole nitrogens is 1. The number of hydrogen-bond acceptors (Lipinski definition) is 2. The molecule has 20 heavy (non-hydrogen) atoms. The minimum atomic E-state index is -0.711. The molecule has 1 aromatic heterocycles. The molecule has 1 amide bonds. The molecule has 1 atom stereocenters. The smallest absolute Gasteiger partial charge is 0.254 e. The van der Waals surface area contributed by atoms with Crippen molar-refractivity contribution in [2.75, 3.05) is 0 Å². The van der Waals surface area contributed by atoms with Gasteiger partial charge in [0, 0.05) is 11.9 Å². The maximum absolute atomic E-state index is 13.8. The van der Waals surface area contributed by atoms with Crippen molar-refractivity contribution < 1.29 is 9.18 Å². The van der Waals surface area contributed by atoms with Crippen LogP contribution < -0.4 is 5.32 Å². The predicted molar refractivity (Wildman–Crippen MR) is 75.2 cm³/mol. The largest absolute Gasteiger partial charge is 0.344 e. The fourth-order valence-electron chi connectivity index (χ4n) is 1.89. The summed E-state index contributed by atoms with van der Waals surface area (Å²) >= 11 is 5.68. The zero-order chi connectivity index (χ0) is 14.7. The fraction of sp³-hybridized carbons (Fsp3) is 0.286. The first-order chi connectivity index (χ1) is 9.52. The zero-order valence-electron chi connectivity index (χ0n) is 11.2. The van der Waals surface area contributed by atoms with Gasteiger partial charge >= 0.3 is 0 Å². The van der Waals surface area contributed by atoms with E-state index in [9.17, 15) is 9.18 Å². The molecule has 0 aliphatic carbocycles. The topological polar surface area (TPSA) is 57.8 Å². The lowest BCUT2D eigenvalue weighted by molar-refractivity contribution is 0.0929. The van der Waals surface area contributed by atoms with Crippen molar-refractivity contribution in [1.29, 1.82) is 0 Å². The number of aromatic amines is 1. The number of imidazole rings is 1. The van der Waals surface area contributed by atoms with E-state index in [-0.39, 0.29) is 16.6 Å². The molecule has 0 aliphatic heterocycles. The monoisotopic (exact) mass is 295 g/mol. The number of nitrogens with zero attached hydrogens (tertiary/aromatic N) is 1. The summed E-state index contributed by atoms with van der Waals surface area (Å²) in [6, 6.07) is 4.05. The van der Waals surface area contributed by atoms with Crippen LogP contribution in [0.2, 0.25) is 5.02 Å². The van der Waals surface area contributed by atoms with Crippen molar-refractivity contribution in [2.24, 2.45) is 0 Å². The Hall–Kier alpha value is -1.88. The van der Waals surface area contributed by atoms with Crippen molar-refractivity contribution in [3.05, 3.63) is 52.3 Å². The van der Waals surface area contributed by atoms with Gasteiger partial charge in [0.2, 0.25) is 0 Å². The number of hydrogen-bond donors (Lipinski definition) is 2. The Bertz CT molecular complexity index is 627. The van der Waals surface area contributed by atoms with Crippen molar-refractivity contribution in [3.63, 3.8) is 0 Å². The highest BCUT2D eigenvalue weighted by atomic mass is 35.5. The summed E-state index contributed by atoms with van der Waals surface area (Å²) in [7, 11) is 0. The molecule has 0 radical (unpaired) electrons. The van der Waals surface area contributed by atoms with Crippen LogP contribution in [0.15, 0.2) is 24.4 Å². The molecule has 0 spiro atoms. The molecular formula is C14H15ClFN3O. The average Bonchev–Trinajstić information content (AvgIpc) is 2.85. The molecule has 0 fully saturated rings. The van der Waals surface area contributed by atoms with Gasteiger partial charge in [-0.25, -0.2) is 9.37 Å². The van der Waals surface area contributed by atoms with E-state index in [2.05, 4.69) is 15.3 Å². The van der Waals surface area contributed by atoms with Crippen LogP contribution in [0, 0.1) is 12.7 Å². The molecule has 0 saturated heterocycles. The minimum Gasteiger partial charge on any atom is -0.344 e. The van der Waals surface area contributed by atoms with Gasteiger partial charge in [-0.15, -0.1) is 0 Å². The lowest BCUT2D eigenvalue weighted by Gasteiger charge is -2.15. The second-order valence-corrected chi connectivity index (χ2v) is 4.89. The minimum absolute atomic E-state index is 0.0699. The first kappa shape index (κ1) is 14.5. The van der Waals surface area contributed by atoms with Gasteiger partial charge in [0.25, 0.3) is 5.91 Å². The van der Waals surface area contributed by atoms with E-state index in [0.29, 0.717) is 12.2 Å². The number of amides is 1. The summed E-state index contributed by atoms with van der Waals surface area (Å²) in [5, 5.41) is 2.68. The summed E-state index contributed by atoms with van der Waals surface area (Å²) in [6.07, 6.45) is 2.32. The van der Waals surface area contributed by atoms with Gasteiger partial charge < -0.3 is 10.3 Å². The number of benzene rings is 1. The van der Waals surface area contributed by atoms with Gasteiger partial charge in [0.05, 0.1) is 16.6 Å². The van der Waals surface area contributed by atoms with Crippen LogP contribution in [0.5, 0.6) is 0 Å². The normalized spacial score (nSPS) is 12.2. The summed E-state index contributed by atoms with van der Waals surface area (Å²) in [6.45, 7) is 3.79. The Kier molecular flexibility index (Phi) is 4.39. The van der Waals surface area contributed by atoms with Crippen molar-refractivity contribution in [2.45, 2.75) is 26.3 Å². The van der Waals surface area contributed by atoms with Crippen LogP contribution in [0.25, 0.3) is 0 Å². The highest BCUT2D eigenvalue weighted by Crippen LogP contribution is 2.19. The molecular weight excluding hydrogens is 281 g/mol. The predicted octanol–water partition coefficient (Wildman–Crippen LogP) is 3.39. The Morgan fingerprint density at radius 1 is 1.55 bits per heavy atom. The third-order valence-corrected chi connectivity index (χ3v) is 3.25. The van der Waals surface area contributed by atoms with Gasteiger partial charge in [-0.2, -0.15) is 0 Å². The number of carbonyl (C=O) groups is 1. The summed E-state index contributed by atoms with van der Waals surface area (Å²) in [5.74, 6) is -0.566. The average molecular weight is 296 g/mol. The molecule has 2 N–H and O–H groups in total. The summed E-state index contributed by atoms with van der Waals surface area (Å²) in [4.78, 5) is 19.4. The first-order valence-corrected chi connectivity index (χ1v) is 6.67. The van der Waals surface area contributed by atoms with Crippen LogP contribution >= 0.6 is 11.6 Å². The molecule has 6 heteroatoms. The Morgan fingerprint density at radius 3 is 2.90 bits per heavy atom. The van der Waals surface area contributed by atoms with Gasteiger partial charge in [-0.1, -0.05) is 24.6 Å². The number of nitrogens with one attached hydrogen (secondary N) is 2. The van der Waals surface area contributed by atoms with E-state index in [1.807, 2.05) is 13.8 Å². The Labute approximate surface area is 121 Å². The lowest BCUT2D eigenvalue weighted by Crippen LogP contribution is -2.29. The highest BCUT2D eigenvalue weighted by Gasteiger charge is 2.19. The molecule has 4 nitrogen and oxygen atoms in total. The van der Waals surface area contributed by atoms with Crippen LogP contribution in [-0.2, 0) is 0 Å². The van der Waals surface area contributed by atoms with E-state index in [1.165, 1.54) is 18.2 Å². The molecule has 1 heterocycles. The SMILES string of the molecule is CC[C@@H](NC(=O)c1cccc(Cl)c1F)c1ncc(C)[nH]1. The molecule has 2 rings (SSSR count). The molecule has 1 aromatic carbocycles. The van der Waals surface area contributed by atoms with Gasteiger partial charge in [0.15, 0.2) is 5.82 Å². The van der Waals surface area contributed by atoms with Crippen LogP contribution in [-0.4, -0.2) is 15.9 Å². The second-order valence-electron chi connectivity index (χ2n) is 4.49. The highest BCUT2D eigenvalue weighted by molar-refractivity contribution is 6.31. The maximum Gasteiger partial charge on any atom is 0.254 e. The fourth-order valence-corrected chi connectivity index (χ4v) is 2.06. The molecule has 2 aromatic rings. The number of rotatable bonds is 4. The standard InChI is InChI=1S/C14H15ClFN3O/c1-3-11(13-17-7-8(2)18-13)19-14(20)9-5-4-6-10(15)12(9)16/h4-7,11H,3H2,1-2H3,(H,17,18)(H,19,20)/t11-/m1/s1. The summed E-state index contributed by atoms with van der Waals surface area (Å²) in [5.41, 5.74) is 0.834. The van der Waals surface area contributed by atoms with E-state index in [0.717, 1.165) is 5.69 Å². The Morgan fingerprint density at radius 2 is 2.30 bits per heavy atom. The molecule has 0 aliphatic rings. The molecule has 0 bridgehead atoms. The quantitative estimate of drug-likeness (QED) is 0.908. The number of aromatic nitrogens is 2. The van der Waals surface area contributed by atoms with Crippen LogP contribution in [0.3, 0.4) is 0 Å². The summed E-state index contributed by atoms with van der Waals surface area (Å²) < 4.78 is 13.8. The van der Waals surface area contributed by atoms with Crippen molar-refractivity contribution in [1.82, 2.24) is 15.3 Å². The number of halogens is 2. The van der Waals surface area contributed by atoms with Gasteiger partial charge in [0.1, 0.15) is 5.82 Å². The molecule has 0 saturated carbocycles. The lowest BCUT2D eigenvalue weighted by atomic mass is 10.1. The third-order valence-electron chi connectivity index (χ3n) is 2.96. The Balaban J connectivity index is 2.19. The van der Waals surface area contributed by atoms with Crippen LogP contribution in [0.1, 0.15) is 41.3 Å². The second kappa shape index (κ2) is 6.05. The zero-order valence-corrected chi connectivity index (χ0v) is 12.0. The van der Waals surface area contributed by atoms with E-state index >= 15 is 0 Å². The number of carbonyl (C=O) groups excluding carboxylic acids is 1.